The van der Waals surface area contributed by atoms with Gasteiger partial charge in [0.2, 0.25) is 0 Å². The summed E-state index contributed by atoms with van der Waals surface area (Å²) >= 11 is 3.41. The monoisotopic (exact) mass is 386 g/mol. The maximum absolute atomic E-state index is 12.3. The van der Waals surface area contributed by atoms with Crippen LogP contribution in [0.4, 0.5) is 5.69 Å². The lowest BCUT2D eigenvalue weighted by Gasteiger charge is -2.19. The molecule has 0 aromatic heterocycles. The maximum Gasteiger partial charge on any atom is 0.255 e. The van der Waals surface area contributed by atoms with Crippen molar-refractivity contribution in [3.05, 3.63) is 64.1 Å². The van der Waals surface area contributed by atoms with E-state index in [4.69, 9.17) is 0 Å². The second kappa shape index (κ2) is 8.45. The van der Waals surface area contributed by atoms with Crippen molar-refractivity contribution < 1.29 is 4.79 Å². The molecule has 1 saturated heterocycles. The first kappa shape index (κ1) is 17.2. The molecule has 1 aliphatic rings. The van der Waals surface area contributed by atoms with E-state index in [9.17, 15) is 4.79 Å². The summed E-state index contributed by atoms with van der Waals surface area (Å²) in [5.41, 5.74) is 2.76. The number of carbonyl (C=O) groups excluding carboxylic acids is 1. The highest BCUT2D eigenvalue weighted by molar-refractivity contribution is 9.10. The van der Waals surface area contributed by atoms with Crippen molar-refractivity contribution in [3.63, 3.8) is 0 Å². The quantitative estimate of drug-likeness (QED) is 0.794. The molecule has 126 valence electrons. The van der Waals surface area contributed by atoms with Crippen LogP contribution in [0.1, 0.15) is 41.6 Å². The van der Waals surface area contributed by atoms with Crippen molar-refractivity contribution in [3.8, 4) is 0 Å². The number of anilines is 1. The fourth-order valence-electron chi connectivity index (χ4n) is 3.08. The summed E-state index contributed by atoms with van der Waals surface area (Å²) in [5.74, 6) is -0.0746. The van der Waals surface area contributed by atoms with Gasteiger partial charge in [-0.25, -0.2) is 0 Å². The molecule has 0 saturated carbocycles. The number of likely N-dealkylation sites (tertiary alicyclic amines) is 1. The fraction of sp³-hybridized carbons (Fsp3) is 0.350. The zero-order valence-corrected chi connectivity index (χ0v) is 15.4. The first-order chi connectivity index (χ1) is 11.7. The number of amides is 1. The van der Waals surface area contributed by atoms with Gasteiger partial charge < -0.3 is 5.32 Å². The van der Waals surface area contributed by atoms with E-state index in [-0.39, 0.29) is 5.91 Å². The number of nitrogens with zero attached hydrogens (tertiary/aromatic N) is 1. The van der Waals surface area contributed by atoms with Crippen molar-refractivity contribution in [1.82, 2.24) is 4.90 Å². The van der Waals surface area contributed by atoms with Crippen LogP contribution >= 0.6 is 15.9 Å². The summed E-state index contributed by atoms with van der Waals surface area (Å²) in [7, 11) is 0. The van der Waals surface area contributed by atoms with Crippen LogP contribution in [0.25, 0.3) is 0 Å². The molecule has 0 bridgehead atoms. The Bertz CT molecular complexity index is 676. The van der Waals surface area contributed by atoms with Gasteiger partial charge in [0.1, 0.15) is 0 Å². The van der Waals surface area contributed by atoms with E-state index in [0.717, 1.165) is 16.7 Å². The lowest BCUT2D eigenvalue weighted by atomic mass is 10.1. The number of halogens is 1. The molecule has 0 unspecified atom stereocenters. The molecule has 1 N–H and O–H groups in total. The molecule has 0 aliphatic carbocycles. The van der Waals surface area contributed by atoms with Crippen LogP contribution in [0, 0.1) is 0 Å². The normalized spacial score (nSPS) is 15.7. The van der Waals surface area contributed by atoms with Crippen molar-refractivity contribution in [2.45, 2.75) is 32.2 Å². The predicted octanol–water partition coefficient (Wildman–Crippen LogP) is 5.08. The van der Waals surface area contributed by atoms with Gasteiger partial charge in [0.15, 0.2) is 0 Å². The molecule has 2 aromatic carbocycles. The summed E-state index contributed by atoms with van der Waals surface area (Å²) in [6.45, 7) is 3.35. The molecular weight excluding hydrogens is 364 g/mol. The van der Waals surface area contributed by atoms with Crippen molar-refractivity contribution >= 4 is 27.5 Å². The zero-order valence-electron chi connectivity index (χ0n) is 13.8. The molecule has 2 aromatic rings. The van der Waals surface area contributed by atoms with Crippen molar-refractivity contribution in [2.75, 3.05) is 18.4 Å². The minimum absolute atomic E-state index is 0.0746. The Hall–Kier alpha value is -1.65. The Morgan fingerprint density at radius 2 is 1.71 bits per heavy atom. The molecule has 0 radical (unpaired) electrons. The van der Waals surface area contributed by atoms with E-state index in [1.165, 1.54) is 44.3 Å². The Labute approximate surface area is 152 Å². The van der Waals surface area contributed by atoms with Crippen LogP contribution in [0.2, 0.25) is 0 Å². The van der Waals surface area contributed by atoms with Gasteiger partial charge in [-0.1, -0.05) is 47.0 Å². The van der Waals surface area contributed by atoms with Gasteiger partial charge in [0, 0.05) is 22.3 Å². The van der Waals surface area contributed by atoms with E-state index in [1.54, 1.807) is 0 Å². The molecule has 1 aliphatic heterocycles. The average molecular weight is 387 g/mol. The van der Waals surface area contributed by atoms with Crippen LogP contribution in [0.5, 0.6) is 0 Å². The molecule has 0 spiro atoms. The minimum Gasteiger partial charge on any atom is -0.322 e. The smallest absolute Gasteiger partial charge is 0.255 e. The third-order valence-corrected chi connectivity index (χ3v) is 4.90. The molecule has 0 atom stereocenters. The van der Waals surface area contributed by atoms with E-state index in [0.29, 0.717) is 5.56 Å². The van der Waals surface area contributed by atoms with E-state index in [1.807, 2.05) is 36.4 Å². The average Bonchev–Trinajstić information content (AvgIpc) is 2.84. The molecule has 1 fully saturated rings. The van der Waals surface area contributed by atoms with E-state index < -0.39 is 0 Å². The molecule has 1 heterocycles. The molecule has 3 rings (SSSR count). The molecule has 4 heteroatoms. The minimum atomic E-state index is -0.0746. The number of hydrogen-bond acceptors (Lipinski definition) is 2. The Morgan fingerprint density at radius 3 is 2.38 bits per heavy atom. The van der Waals surface area contributed by atoms with Gasteiger partial charge in [-0.15, -0.1) is 0 Å². The Morgan fingerprint density at radius 1 is 1.00 bits per heavy atom. The van der Waals surface area contributed by atoms with Gasteiger partial charge in [-0.05, 0) is 61.8 Å². The summed E-state index contributed by atoms with van der Waals surface area (Å²) in [5, 5.41) is 2.93. The third kappa shape index (κ3) is 4.92. The number of rotatable bonds is 4. The van der Waals surface area contributed by atoms with Crippen LogP contribution in [0.15, 0.2) is 53.0 Å². The Balaban J connectivity index is 1.60. The number of nitrogens with one attached hydrogen (secondary N) is 1. The Kier molecular flexibility index (Phi) is 6.05. The maximum atomic E-state index is 12.3. The number of carbonyl (C=O) groups is 1. The highest BCUT2D eigenvalue weighted by Crippen LogP contribution is 2.17. The SMILES string of the molecule is O=C(Nc1cccc(Br)c1)c1ccc(CN2CCCCCC2)cc1. The first-order valence-corrected chi connectivity index (χ1v) is 9.38. The lowest BCUT2D eigenvalue weighted by molar-refractivity contribution is 0.102. The van der Waals surface area contributed by atoms with E-state index >= 15 is 0 Å². The highest BCUT2D eigenvalue weighted by atomic mass is 79.9. The standard InChI is InChI=1S/C20H23BrN2O/c21-18-6-5-7-19(14-18)22-20(24)17-10-8-16(9-11-17)15-23-12-3-1-2-4-13-23/h5-11,14H,1-4,12-13,15H2,(H,22,24). The first-order valence-electron chi connectivity index (χ1n) is 8.59. The highest BCUT2D eigenvalue weighted by Gasteiger charge is 2.10. The second-order valence-corrected chi connectivity index (χ2v) is 7.27. The molecular formula is C20H23BrN2O. The largest absolute Gasteiger partial charge is 0.322 e. The predicted molar refractivity (Wildman–Crippen MR) is 102 cm³/mol. The van der Waals surface area contributed by atoms with Crippen molar-refractivity contribution in [1.29, 1.82) is 0 Å². The summed E-state index contributed by atoms with van der Waals surface area (Å²) in [4.78, 5) is 14.9. The molecule has 3 nitrogen and oxygen atoms in total. The van der Waals surface area contributed by atoms with Gasteiger partial charge in [-0.3, -0.25) is 9.69 Å². The topological polar surface area (TPSA) is 32.3 Å². The van der Waals surface area contributed by atoms with Crippen LogP contribution in [-0.4, -0.2) is 23.9 Å². The van der Waals surface area contributed by atoms with Gasteiger partial charge in [-0.2, -0.15) is 0 Å². The van der Waals surface area contributed by atoms with Crippen molar-refractivity contribution in [2.24, 2.45) is 0 Å². The summed E-state index contributed by atoms with van der Waals surface area (Å²) in [6, 6.07) is 15.6. The number of benzene rings is 2. The van der Waals surface area contributed by atoms with Crippen LogP contribution < -0.4 is 5.32 Å². The third-order valence-electron chi connectivity index (χ3n) is 4.40. The van der Waals surface area contributed by atoms with Gasteiger partial charge in [0.25, 0.3) is 5.91 Å². The number of hydrogen-bond donors (Lipinski definition) is 1. The fourth-order valence-corrected chi connectivity index (χ4v) is 3.48. The molecule has 1 amide bonds. The zero-order chi connectivity index (χ0) is 16.8. The summed E-state index contributed by atoms with van der Waals surface area (Å²) in [6.07, 6.45) is 5.30. The molecule has 24 heavy (non-hydrogen) atoms. The van der Waals surface area contributed by atoms with Gasteiger partial charge >= 0.3 is 0 Å². The van der Waals surface area contributed by atoms with Crippen LogP contribution in [0.3, 0.4) is 0 Å². The lowest BCUT2D eigenvalue weighted by Crippen LogP contribution is -2.24. The summed E-state index contributed by atoms with van der Waals surface area (Å²) < 4.78 is 0.952. The van der Waals surface area contributed by atoms with Crippen LogP contribution in [-0.2, 0) is 6.54 Å². The van der Waals surface area contributed by atoms with Gasteiger partial charge in [0.05, 0.1) is 0 Å². The second-order valence-electron chi connectivity index (χ2n) is 6.35. The van der Waals surface area contributed by atoms with E-state index in [2.05, 4.69) is 38.3 Å².